The lowest BCUT2D eigenvalue weighted by Gasteiger charge is -2.36. The van der Waals surface area contributed by atoms with Crippen LogP contribution in [-0.2, 0) is 24.8 Å². The Morgan fingerprint density at radius 3 is 2.50 bits per heavy atom. The maximum Gasteiger partial charge on any atom is 0.242 e. The molecule has 3 rings (SSSR count). The predicted molar refractivity (Wildman–Crippen MR) is 132 cm³/mol. The molecule has 0 saturated carbocycles. The number of nitrogens with zero attached hydrogens (tertiary/aromatic N) is 5. The zero-order valence-corrected chi connectivity index (χ0v) is 21.1. The first-order valence-electron chi connectivity index (χ1n) is 9.86. The molecule has 164 valence electrons. The molecule has 30 heavy (non-hydrogen) atoms. The van der Waals surface area contributed by atoms with Crippen LogP contribution in [-0.4, -0.2) is 64.7 Å². The Morgan fingerprint density at radius 1 is 1.23 bits per heavy atom. The largest absolute Gasteiger partial charge is 0.356 e. The average molecular weight is 545 g/mol. The van der Waals surface area contributed by atoms with E-state index in [2.05, 4.69) is 22.3 Å². The third-order valence-corrected chi connectivity index (χ3v) is 5.69. The van der Waals surface area contributed by atoms with Gasteiger partial charge in [-0.2, -0.15) is 5.10 Å². The summed E-state index contributed by atoms with van der Waals surface area (Å²) in [6.45, 7) is 7.23. The average Bonchev–Trinajstić information content (AvgIpc) is 2.94. The minimum Gasteiger partial charge on any atom is -0.356 e. The van der Waals surface area contributed by atoms with Gasteiger partial charge < -0.3 is 15.1 Å². The van der Waals surface area contributed by atoms with Crippen molar-refractivity contribution in [3.8, 4) is 0 Å². The lowest BCUT2D eigenvalue weighted by atomic mass is 10.1. The fourth-order valence-corrected chi connectivity index (χ4v) is 3.80. The van der Waals surface area contributed by atoms with Crippen molar-refractivity contribution in [2.24, 2.45) is 12.0 Å². The van der Waals surface area contributed by atoms with Crippen molar-refractivity contribution < 1.29 is 4.79 Å². The molecular weight excluding hydrogens is 515 g/mol. The molecule has 7 nitrogen and oxygen atoms in total. The summed E-state index contributed by atoms with van der Waals surface area (Å²) in [6.07, 6.45) is 0.870. The molecule has 0 unspecified atom stereocenters. The number of amides is 1. The lowest BCUT2D eigenvalue weighted by molar-refractivity contribution is -0.135. The van der Waals surface area contributed by atoms with Crippen LogP contribution in [0.4, 0.5) is 0 Å². The standard InChI is InChI=1S/C21H29ClN6O.HI/c1-15-19(16(2)26(4)25-15)9-10-24-21(23-3)28-12-11-27(20(29)14-28)13-17-5-7-18(22)8-6-17;/h5-8H,9-14H2,1-4H3,(H,23,24);1H. The van der Waals surface area contributed by atoms with Gasteiger partial charge >= 0.3 is 0 Å². The summed E-state index contributed by atoms with van der Waals surface area (Å²) in [7, 11) is 3.72. The van der Waals surface area contributed by atoms with Gasteiger partial charge in [0.1, 0.15) is 0 Å². The highest BCUT2D eigenvalue weighted by Gasteiger charge is 2.26. The van der Waals surface area contributed by atoms with E-state index < -0.39 is 0 Å². The molecule has 2 heterocycles. The zero-order chi connectivity index (χ0) is 21.0. The van der Waals surface area contributed by atoms with E-state index in [-0.39, 0.29) is 29.9 Å². The number of halogens is 2. The van der Waals surface area contributed by atoms with Crippen LogP contribution in [0.25, 0.3) is 0 Å². The Labute approximate surface area is 200 Å². The quantitative estimate of drug-likeness (QED) is 0.357. The zero-order valence-electron chi connectivity index (χ0n) is 18.0. The van der Waals surface area contributed by atoms with E-state index in [1.165, 1.54) is 11.3 Å². The number of carbonyl (C=O) groups excluding carboxylic acids is 1. The van der Waals surface area contributed by atoms with E-state index in [9.17, 15) is 4.79 Å². The Kier molecular flexibility index (Phi) is 8.96. The lowest BCUT2D eigenvalue weighted by Crippen LogP contribution is -2.55. The van der Waals surface area contributed by atoms with Crippen molar-refractivity contribution in [3.05, 3.63) is 51.8 Å². The summed E-state index contributed by atoms with van der Waals surface area (Å²) in [5.41, 5.74) is 4.60. The molecule has 1 aromatic carbocycles. The number of guanidine groups is 1. The smallest absolute Gasteiger partial charge is 0.242 e. The van der Waals surface area contributed by atoms with Crippen LogP contribution in [0.2, 0.25) is 5.02 Å². The van der Waals surface area contributed by atoms with Gasteiger partial charge in [0.25, 0.3) is 0 Å². The topological polar surface area (TPSA) is 65.8 Å². The fourth-order valence-electron chi connectivity index (χ4n) is 3.68. The van der Waals surface area contributed by atoms with E-state index >= 15 is 0 Å². The SMILES string of the molecule is CN=C(NCCc1c(C)nn(C)c1C)N1CCN(Cc2ccc(Cl)cc2)C(=O)C1.I. The van der Waals surface area contributed by atoms with Gasteiger partial charge in [-0.25, -0.2) is 0 Å². The van der Waals surface area contributed by atoms with Crippen LogP contribution < -0.4 is 5.32 Å². The highest BCUT2D eigenvalue weighted by molar-refractivity contribution is 14.0. The Hall–Kier alpha value is -1.81. The van der Waals surface area contributed by atoms with Crippen LogP contribution in [0.15, 0.2) is 29.3 Å². The van der Waals surface area contributed by atoms with E-state index in [4.69, 9.17) is 11.6 Å². The molecule has 2 aromatic rings. The van der Waals surface area contributed by atoms with E-state index in [0.29, 0.717) is 24.7 Å². The minimum atomic E-state index is 0. The Bertz CT molecular complexity index is 896. The molecular formula is C21H30ClIN6O. The van der Waals surface area contributed by atoms with Gasteiger partial charge in [0.05, 0.1) is 12.2 Å². The monoisotopic (exact) mass is 544 g/mol. The summed E-state index contributed by atoms with van der Waals surface area (Å²) >= 11 is 5.94. The summed E-state index contributed by atoms with van der Waals surface area (Å²) in [4.78, 5) is 20.9. The Balaban J connectivity index is 0.00000320. The molecule has 1 N–H and O–H groups in total. The van der Waals surface area contributed by atoms with E-state index in [1.807, 2.05) is 52.7 Å². The first-order valence-corrected chi connectivity index (χ1v) is 10.2. The molecule has 0 atom stereocenters. The number of aliphatic imine (C=N–C) groups is 1. The number of benzene rings is 1. The number of rotatable bonds is 5. The summed E-state index contributed by atoms with van der Waals surface area (Å²) in [5, 5.41) is 8.57. The molecule has 1 amide bonds. The molecule has 1 fully saturated rings. The molecule has 0 radical (unpaired) electrons. The second kappa shape index (κ2) is 11.0. The van der Waals surface area contributed by atoms with Crippen molar-refractivity contribution in [1.82, 2.24) is 24.9 Å². The molecule has 9 heteroatoms. The highest BCUT2D eigenvalue weighted by Crippen LogP contribution is 2.14. The van der Waals surface area contributed by atoms with Gasteiger partial charge in [-0.15, -0.1) is 24.0 Å². The second-order valence-electron chi connectivity index (χ2n) is 7.36. The van der Waals surface area contributed by atoms with Gasteiger partial charge in [0.15, 0.2) is 5.96 Å². The van der Waals surface area contributed by atoms with Crippen molar-refractivity contribution >= 4 is 47.4 Å². The number of aromatic nitrogens is 2. The number of hydrogen-bond acceptors (Lipinski definition) is 3. The minimum absolute atomic E-state index is 0. The van der Waals surface area contributed by atoms with Crippen LogP contribution >= 0.6 is 35.6 Å². The molecule has 1 aromatic heterocycles. The maximum absolute atomic E-state index is 12.6. The predicted octanol–water partition coefficient (Wildman–Crippen LogP) is 2.77. The van der Waals surface area contributed by atoms with Crippen LogP contribution in [0.3, 0.4) is 0 Å². The number of piperazine rings is 1. The first kappa shape index (κ1) is 24.5. The molecule has 1 saturated heterocycles. The summed E-state index contributed by atoms with van der Waals surface area (Å²) in [6, 6.07) is 7.64. The van der Waals surface area contributed by atoms with Crippen LogP contribution in [0, 0.1) is 13.8 Å². The number of nitrogens with one attached hydrogen (secondary N) is 1. The van der Waals surface area contributed by atoms with Gasteiger partial charge in [-0.05, 0) is 43.5 Å². The van der Waals surface area contributed by atoms with Crippen molar-refractivity contribution in [2.75, 3.05) is 33.2 Å². The maximum atomic E-state index is 12.6. The first-order chi connectivity index (χ1) is 13.9. The molecule has 1 aliphatic rings. The van der Waals surface area contributed by atoms with Gasteiger partial charge in [-0.1, -0.05) is 23.7 Å². The van der Waals surface area contributed by atoms with E-state index in [1.54, 1.807) is 7.05 Å². The number of carbonyl (C=O) groups is 1. The third-order valence-electron chi connectivity index (χ3n) is 5.43. The van der Waals surface area contributed by atoms with Gasteiger partial charge in [-0.3, -0.25) is 14.5 Å². The molecule has 0 bridgehead atoms. The van der Waals surface area contributed by atoms with Crippen LogP contribution in [0.1, 0.15) is 22.5 Å². The van der Waals surface area contributed by atoms with Crippen molar-refractivity contribution in [3.63, 3.8) is 0 Å². The van der Waals surface area contributed by atoms with Gasteiger partial charge in [0.2, 0.25) is 5.91 Å². The Morgan fingerprint density at radius 2 is 1.93 bits per heavy atom. The molecule has 0 aliphatic carbocycles. The molecule has 1 aliphatic heterocycles. The second-order valence-corrected chi connectivity index (χ2v) is 7.80. The number of aryl methyl sites for hydroxylation is 2. The normalized spacial score (nSPS) is 14.7. The van der Waals surface area contributed by atoms with Crippen LogP contribution in [0.5, 0.6) is 0 Å². The fraction of sp³-hybridized carbons (Fsp3) is 0.476. The van der Waals surface area contributed by atoms with Gasteiger partial charge in [0, 0.05) is 51.0 Å². The summed E-state index contributed by atoms with van der Waals surface area (Å²) < 4.78 is 1.91. The van der Waals surface area contributed by atoms with Crippen molar-refractivity contribution in [1.29, 1.82) is 0 Å². The highest BCUT2D eigenvalue weighted by atomic mass is 127. The third kappa shape index (κ3) is 5.87. The van der Waals surface area contributed by atoms with Crippen molar-refractivity contribution in [2.45, 2.75) is 26.8 Å². The number of hydrogen-bond donors (Lipinski definition) is 1. The van der Waals surface area contributed by atoms with E-state index in [0.717, 1.165) is 36.7 Å². The summed E-state index contributed by atoms with van der Waals surface area (Å²) in [5.74, 6) is 0.872. The molecule has 0 spiro atoms.